The van der Waals surface area contributed by atoms with Crippen molar-refractivity contribution in [2.75, 3.05) is 54.8 Å². The van der Waals surface area contributed by atoms with Crippen LogP contribution in [0.15, 0.2) is 60.8 Å². The number of aromatic nitrogens is 5. The Kier molecular flexibility index (Phi) is 9.78. The number of amides is 2. The predicted molar refractivity (Wildman–Crippen MR) is 219 cm³/mol. The molecule has 13 heteroatoms. The molecule has 4 aliphatic rings. The highest BCUT2D eigenvalue weighted by Gasteiger charge is 2.38. The number of likely N-dealkylation sites (tertiary alicyclic amines) is 1. The Morgan fingerprint density at radius 3 is 2.38 bits per heavy atom. The van der Waals surface area contributed by atoms with E-state index in [1.807, 2.05) is 25.4 Å². The fourth-order valence-corrected chi connectivity index (χ4v) is 9.12. The number of carbonyl (C=O) groups is 2. The van der Waals surface area contributed by atoms with E-state index in [9.17, 15) is 9.59 Å². The molecule has 0 spiro atoms. The minimum Gasteiger partial charge on any atom is -0.357 e. The van der Waals surface area contributed by atoms with Crippen molar-refractivity contribution in [2.24, 2.45) is 13.0 Å². The van der Waals surface area contributed by atoms with E-state index < -0.39 is 0 Å². The summed E-state index contributed by atoms with van der Waals surface area (Å²) in [7, 11) is 1.91. The van der Waals surface area contributed by atoms with Gasteiger partial charge in [0.1, 0.15) is 11.9 Å². The lowest BCUT2D eigenvalue weighted by Gasteiger charge is -2.38. The Morgan fingerprint density at radius 1 is 0.857 bits per heavy atom. The van der Waals surface area contributed by atoms with Gasteiger partial charge in [-0.15, -0.1) is 0 Å². The SMILES string of the molecule is Cc1cccc(C)c1Nc1nn(C)c2nc(Nc3ccc(C4CCN(CC5CCN(c6ccc7c(n6)CN(C6CCCNC6=O)C7=O)CC5)CC4)cc3)ncc12. The lowest BCUT2D eigenvalue weighted by atomic mass is 9.88. The quantitative estimate of drug-likeness (QED) is 0.160. The van der Waals surface area contributed by atoms with Gasteiger partial charge in [-0.2, -0.15) is 10.1 Å². The maximum Gasteiger partial charge on any atom is 0.256 e. The monoisotopic (exact) mass is 753 g/mol. The Hall–Kier alpha value is -5.56. The van der Waals surface area contributed by atoms with Gasteiger partial charge in [-0.3, -0.25) is 9.59 Å². The van der Waals surface area contributed by atoms with Gasteiger partial charge < -0.3 is 30.7 Å². The summed E-state index contributed by atoms with van der Waals surface area (Å²) in [6.07, 6.45) is 8.07. The summed E-state index contributed by atoms with van der Waals surface area (Å²) in [6.45, 7) is 10.6. The average molecular weight is 754 g/mol. The molecule has 0 aliphatic carbocycles. The fourth-order valence-electron chi connectivity index (χ4n) is 9.12. The second-order valence-electron chi connectivity index (χ2n) is 16.1. The summed E-state index contributed by atoms with van der Waals surface area (Å²) >= 11 is 0. The van der Waals surface area contributed by atoms with Gasteiger partial charge in [0, 0.05) is 50.8 Å². The standard InChI is InChI=1S/C43H51N11O2/c1-27-6-4-7-28(2)38(27)48-39-34-24-45-43(49-40(34)51(3)50-39)46-32-11-9-30(10-12-32)31-17-20-52(21-18-31)25-29-15-22-53(23-16-29)37-14-13-33-35(47-37)26-54(42(33)56)36-8-5-19-44-41(36)55/h4,6-7,9-14,24,29,31,36H,5,8,15-23,25-26H2,1-3H3,(H,44,55)(H,48,50)(H,45,46,49). The number of nitrogens with one attached hydrogen (secondary N) is 3. The van der Waals surface area contributed by atoms with Crippen LogP contribution in [0.25, 0.3) is 11.0 Å². The molecule has 2 amide bonds. The van der Waals surface area contributed by atoms with E-state index >= 15 is 0 Å². The van der Waals surface area contributed by atoms with Crippen molar-refractivity contribution in [1.82, 2.24) is 39.8 Å². The second kappa shape index (κ2) is 15.2. The molecule has 1 atom stereocenters. The van der Waals surface area contributed by atoms with Crippen LogP contribution in [-0.4, -0.2) is 91.7 Å². The number of benzene rings is 2. The number of rotatable bonds is 9. The van der Waals surface area contributed by atoms with Crippen molar-refractivity contribution in [2.45, 2.75) is 70.9 Å². The van der Waals surface area contributed by atoms with E-state index in [-0.39, 0.29) is 17.9 Å². The highest BCUT2D eigenvalue weighted by Crippen LogP contribution is 2.33. The molecule has 3 saturated heterocycles. The van der Waals surface area contributed by atoms with E-state index in [1.54, 1.807) is 9.58 Å². The van der Waals surface area contributed by atoms with Gasteiger partial charge in [0.2, 0.25) is 11.9 Å². The third-order valence-electron chi connectivity index (χ3n) is 12.4. The molecule has 56 heavy (non-hydrogen) atoms. The predicted octanol–water partition coefficient (Wildman–Crippen LogP) is 6.19. The average Bonchev–Trinajstić information content (AvgIpc) is 3.71. The molecule has 9 rings (SSSR count). The Balaban J connectivity index is 0.742. The zero-order valence-electron chi connectivity index (χ0n) is 32.6. The van der Waals surface area contributed by atoms with Crippen LogP contribution in [-0.2, 0) is 18.4 Å². The van der Waals surface area contributed by atoms with Gasteiger partial charge in [0.05, 0.1) is 23.2 Å². The number of carbonyl (C=O) groups excluding carboxylic acids is 2. The number of aryl methyl sites for hydroxylation is 3. The number of hydrogen-bond donors (Lipinski definition) is 3. The van der Waals surface area contributed by atoms with Gasteiger partial charge in [-0.25, -0.2) is 14.6 Å². The molecule has 3 fully saturated rings. The largest absolute Gasteiger partial charge is 0.357 e. The molecule has 4 aliphatic heterocycles. The van der Waals surface area contributed by atoms with Crippen LogP contribution < -0.4 is 20.9 Å². The molecule has 3 N–H and O–H groups in total. The summed E-state index contributed by atoms with van der Waals surface area (Å²) < 4.78 is 1.79. The van der Waals surface area contributed by atoms with E-state index in [1.165, 1.54) is 18.4 Å². The molecule has 3 aromatic heterocycles. The minimum absolute atomic E-state index is 0.0460. The van der Waals surface area contributed by atoms with Crippen molar-refractivity contribution in [3.05, 3.63) is 88.7 Å². The van der Waals surface area contributed by atoms with E-state index in [0.29, 0.717) is 42.9 Å². The molecule has 7 heterocycles. The summed E-state index contributed by atoms with van der Waals surface area (Å²) in [6, 6.07) is 18.5. The molecule has 2 aromatic carbocycles. The number of fused-ring (bicyclic) bond motifs is 2. The van der Waals surface area contributed by atoms with Crippen LogP contribution >= 0.6 is 0 Å². The lowest BCUT2D eigenvalue weighted by molar-refractivity contribution is -0.127. The molecule has 0 saturated carbocycles. The third-order valence-corrected chi connectivity index (χ3v) is 12.4. The fraction of sp³-hybridized carbons (Fsp3) is 0.442. The molecule has 13 nitrogen and oxygen atoms in total. The number of nitrogens with zero attached hydrogens (tertiary/aromatic N) is 8. The van der Waals surface area contributed by atoms with Crippen LogP contribution in [0.3, 0.4) is 0 Å². The van der Waals surface area contributed by atoms with E-state index in [4.69, 9.17) is 15.1 Å². The summed E-state index contributed by atoms with van der Waals surface area (Å²) in [5.41, 5.74) is 7.95. The van der Waals surface area contributed by atoms with Crippen LogP contribution in [0.2, 0.25) is 0 Å². The van der Waals surface area contributed by atoms with Crippen molar-refractivity contribution in [3.8, 4) is 0 Å². The number of piperidine rings is 3. The Bertz CT molecular complexity index is 2230. The van der Waals surface area contributed by atoms with Crippen LogP contribution in [0.5, 0.6) is 0 Å². The highest BCUT2D eigenvalue weighted by molar-refractivity contribution is 6.01. The van der Waals surface area contributed by atoms with Crippen LogP contribution in [0, 0.1) is 19.8 Å². The van der Waals surface area contributed by atoms with Gasteiger partial charge in [-0.05, 0) is 118 Å². The lowest BCUT2D eigenvalue weighted by Crippen LogP contribution is -2.50. The molecule has 1 unspecified atom stereocenters. The Morgan fingerprint density at radius 2 is 1.62 bits per heavy atom. The minimum atomic E-state index is -0.388. The summed E-state index contributed by atoms with van der Waals surface area (Å²) in [4.78, 5) is 46.7. The first-order chi connectivity index (χ1) is 27.3. The zero-order valence-corrected chi connectivity index (χ0v) is 32.6. The van der Waals surface area contributed by atoms with Crippen LogP contribution in [0.4, 0.5) is 29.0 Å². The first-order valence-corrected chi connectivity index (χ1v) is 20.2. The van der Waals surface area contributed by atoms with Gasteiger partial charge in [0.25, 0.3) is 5.91 Å². The first kappa shape index (κ1) is 36.1. The smallest absolute Gasteiger partial charge is 0.256 e. The first-order valence-electron chi connectivity index (χ1n) is 20.2. The zero-order chi connectivity index (χ0) is 38.3. The third kappa shape index (κ3) is 7.15. The maximum absolute atomic E-state index is 13.1. The second-order valence-corrected chi connectivity index (χ2v) is 16.1. The summed E-state index contributed by atoms with van der Waals surface area (Å²) in [5.74, 6) is 3.37. The number of pyridine rings is 1. The van der Waals surface area contributed by atoms with Crippen molar-refractivity contribution in [3.63, 3.8) is 0 Å². The summed E-state index contributed by atoms with van der Waals surface area (Å²) in [5, 5.41) is 15.4. The van der Waals surface area contributed by atoms with Gasteiger partial charge in [-0.1, -0.05) is 30.3 Å². The molecule has 290 valence electrons. The van der Waals surface area contributed by atoms with Crippen molar-refractivity contribution < 1.29 is 9.59 Å². The molecular weight excluding hydrogens is 703 g/mol. The number of hydrogen-bond acceptors (Lipinski definition) is 10. The number of anilines is 5. The highest BCUT2D eigenvalue weighted by atomic mass is 16.2. The molecule has 5 aromatic rings. The van der Waals surface area contributed by atoms with Crippen molar-refractivity contribution in [1.29, 1.82) is 0 Å². The molecule has 0 bridgehead atoms. The van der Waals surface area contributed by atoms with Crippen LogP contribution in [0.1, 0.15) is 77.2 Å². The normalized spacial score (nSPS) is 19.7. The number of para-hydroxylation sites is 1. The Labute approximate surface area is 327 Å². The van der Waals surface area contributed by atoms with Gasteiger partial charge in [0.15, 0.2) is 11.5 Å². The molecular formula is C43H51N11O2. The van der Waals surface area contributed by atoms with Crippen molar-refractivity contribution >= 4 is 51.8 Å². The van der Waals surface area contributed by atoms with Gasteiger partial charge >= 0.3 is 0 Å². The topological polar surface area (TPSA) is 136 Å². The maximum atomic E-state index is 13.1. The van der Waals surface area contributed by atoms with E-state index in [0.717, 1.165) is 103 Å². The molecule has 0 radical (unpaired) electrons. The van der Waals surface area contributed by atoms with E-state index in [2.05, 4.69) is 87.0 Å².